The first-order chi connectivity index (χ1) is 9.19. The van der Waals surface area contributed by atoms with Crippen LogP contribution in [0.4, 0.5) is 0 Å². The number of nitrogens with zero attached hydrogens (tertiary/aromatic N) is 2. The van der Waals surface area contributed by atoms with Crippen molar-refractivity contribution in [1.82, 2.24) is 9.78 Å². The van der Waals surface area contributed by atoms with Crippen LogP contribution in [0.1, 0.15) is 31.1 Å². The Labute approximate surface area is 120 Å². The van der Waals surface area contributed by atoms with Crippen LogP contribution in [0.25, 0.3) is 0 Å². The predicted molar refractivity (Wildman–Crippen MR) is 80.7 cm³/mol. The molecule has 1 atom stereocenters. The molecule has 0 amide bonds. The summed E-state index contributed by atoms with van der Waals surface area (Å²) in [6, 6.07) is 13.0. The fourth-order valence-electron chi connectivity index (χ4n) is 2.20. The minimum atomic E-state index is 0.414. The Morgan fingerprint density at radius 3 is 2.42 bits per heavy atom. The SMILES string of the molecule is CC(C)n1ccc(CC(CCl)Cc2ccccc2)n1. The number of rotatable bonds is 6. The highest BCUT2D eigenvalue weighted by molar-refractivity contribution is 6.18. The van der Waals surface area contributed by atoms with Gasteiger partial charge >= 0.3 is 0 Å². The van der Waals surface area contributed by atoms with Crippen LogP contribution in [-0.2, 0) is 12.8 Å². The normalized spacial score (nSPS) is 12.8. The van der Waals surface area contributed by atoms with Crippen LogP contribution in [0.2, 0.25) is 0 Å². The lowest BCUT2D eigenvalue weighted by Gasteiger charge is -2.12. The van der Waals surface area contributed by atoms with E-state index >= 15 is 0 Å². The van der Waals surface area contributed by atoms with Gasteiger partial charge in [-0.3, -0.25) is 4.68 Å². The van der Waals surface area contributed by atoms with Crippen molar-refractivity contribution in [2.75, 3.05) is 5.88 Å². The number of benzene rings is 1. The molecule has 2 rings (SSSR count). The largest absolute Gasteiger partial charge is 0.270 e. The maximum absolute atomic E-state index is 6.10. The number of hydrogen-bond donors (Lipinski definition) is 0. The van der Waals surface area contributed by atoms with Gasteiger partial charge in [0.2, 0.25) is 0 Å². The van der Waals surface area contributed by atoms with E-state index in [9.17, 15) is 0 Å². The quantitative estimate of drug-likeness (QED) is 0.726. The maximum atomic E-state index is 6.10. The van der Waals surface area contributed by atoms with E-state index in [-0.39, 0.29) is 0 Å². The first kappa shape index (κ1) is 14.1. The molecule has 2 aromatic rings. The zero-order valence-corrected chi connectivity index (χ0v) is 12.3. The van der Waals surface area contributed by atoms with E-state index in [1.807, 2.05) is 16.9 Å². The molecule has 0 saturated heterocycles. The lowest BCUT2D eigenvalue weighted by molar-refractivity contribution is 0.511. The van der Waals surface area contributed by atoms with Crippen LogP contribution >= 0.6 is 11.6 Å². The van der Waals surface area contributed by atoms with Crippen molar-refractivity contribution in [2.45, 2.75) is 32.7 Å². The van der Waals surface area contributed by atoms with Crippen LogP contribution in [0, 0.1) is 5.92 Å². The molecule has 1 aromatic carbocycles. The molecule has 0 aliphatic heterocycles. The van der Waals surface area contributed by atoms with E-state index in [1.165, 1.54) is 5.56 Å². The zero-order chi connectivity index (χ0) is 13.7. The van der Waals surface area contributed by atoms with Crippen molar-refractivity contribution >= 4 is 11.6 Å². The summed E-state index contributed by atoms with van der Waals surface area (Å²) < 4.78 is 2.00. The number of alkyl halides is 1. The standard InChI is InChI=1S/C16H21ClN2/c1-13(2)19-9-8-16(18-19)11-15(12-17)10-14-6-4-3-5-7-14/h3-9,13,15H,10-12H2,1-2H3. The minimum absolute atomic E-state index is 0.414. The molecular weight excluding hydrogens is 256 g/mol. The van der Waals surface area contributed by atoms with Gasteiger partial charge in [-0.25, -0.2) is 0 Å². The van der Waals surface area contributed by atoms with E-state index in [0.29, 0.717) is 17.8 Å². The summed E-state index contributed by atoms with van der Waals surface area (Å²) in [6.07, 6.45) is 4.00. The van der Waals surface area contributed by atoms with Crippen molar-refractivity contribution in [3.63, 3.8) is 0 Å². The van der Waals surface area contributed by atoms with Crippen molar-refractivity contribution in [1.29, 1.82) is 0 Å². The first-order valence-corrected chi connectivity index (χ1v) is 7.36. The summed E-state index contributed by atoms with van der Waals surface area (Å²) >= 11 is 6.10. The van der Waals surface area contributed by atoms with Crippen LogP contribution in [0.3, 0.4) is 0 Å². The Morgan fingerprint density at radius 1 is 1.11 bits per heavy atom. The molecular formula is C16H21ClN2. The van der Waals surface area contributed by atoms with Crippen molar-refractivity contribution in [2.24, 2.45) is 5.92 Å². The Hall–Kier alpha value is -1.28. The molecule has 0 bridgehead atoms. The Bertz CT molecular complexity index is 490. The molecule has 0 aliphatic carbocycles. The van der Waals surface area contributed by atoms with Crippen LogP contribution < -0.4 is 0 Å². The highest BCUT2D eigenvalue weighted by atomic mass is 35.5. The molecule has 0 N–H and O–H groups in total. The van der Waals surface area contributed by atoms with Gasteiger partial charge in [-0.05, 0) is 44.2 Å². The molecule has 0 saturated carbocycles. The van der Waals surface area contributed by atoms with Crippen molar-refractivity contribution < 1.29 is 0 Å². The third kappa shape index (κ3) is 4.10. The van der Waals surface area contributed by atoms with Crippen molar-refractivity contribution in [3.8, 4) is 0 Å². The van der Waals surface area contributed by atoms with Gasteiger partial charge in [0.15, 0.2) is 0 Å². The van der Waals surface area contributed by atoms with Crippen LogP contribution in [0.5, 0.6) is 0 Å². The van der Waals surface area contributed by atoms with Gasteiger partial charge in [-0.2, -0.15) is 5.10 Å². The number of halogens is 1. The average molecular weight is 277 g/mol. The first-order valence-electron chi connectivity index (χ1n) is 6.83. The van der Waals surface area contributed by atoms with E-state index < -0.39 is 0 Å². The third-order valence-electron chi connectivity index (χ3n) is 3.28. The molecule has 19 heavy (non-hydrogen) atoms. The molecule has 102 valence electrons. The summed E-state index contributed by atoms with van der Waals surface area (Å²) in [5, 5.41) is 4.60. The molecule has 2 nitrogen and oxygen atoms in total. The van der Waals surface area contributed by atoms with E-state index in [4.69, 9.17) is 11.6 Å². The van der Waals surface area contributed by atoms with E-state index in [0.717, 1.165) is 18.5 Å². The summed E-state index contributed by atoms with van der Waals surface area (Å²) in [5.41, 5.74) is 2.48. The molecule has 3 heteroatoms. The molecule has 0 spiro atoms. The highest BCUT2D eigenvalue weighted by Gasteiger charge is 2.12. The van der Waals surface area contributed by atoms with Gasteiger partial charge in [0, 0.05) is 18.1 Å². The van der Waals surface area contributed by atoms with Gasteiger partial charge in [0.25, 0.3) is 0 Å². The molecule has 1 aromatic heterocycles. The fraction of sp³-hybridized carbons (Fsp3) is 0.438. The number of hydrogen-bond acceptors (Lipinski definition) is 1. The highest BCUT2D eigenvalue weighted by Crippen LogP contribution is 2.16. The molecule has 1 heterocycles. The predicted octanol–water partition coefficient (Wildman–Crippen LogP) is 4.10. The molecule has 0 fully saturated rings. The lowest BCUT2D eigenvalue weighted by atomic mass is 9.96. The molecule has 1 unspecified atom stereocenters. The average Bonchev–Trinajstić information content (AvgIpc) is 2.88. The van der Waals surface area contributed by atoms with Gasteiger partial charge in [-0.1, -0.05) is 30.3 Å². The monoisotopic (exact) mass is 276 g/mol. The Kier molecular flexibility index (Phi) is 5.03. The molecule has 0 aliphatic rings. The Morgan fingerprint density at radius 2 is 1.84 bits per heavy atom. The smallest absolute Gasteiger partial charge is 0.0628 e. The summed E-state index contributed by atoms with van der Waals surface area (Å²) in [5.74, 6) is 1.11. The van der Waals surface area contributed by atoms with Gasteiger partial charge in [0.05, 0.1) is 5.69 Å². The third-order valence-corrected chi connectivity index (χ3v) is 3.71. The maximum Gasteiger partial charge on any atom is 0.0628 e. The lowest BCUT2D eigenvalue weighted by Crippen LogP contribution is -2.11. The summed E-state index contributed by atoms with van der Waals surface area (Å²) in [7, 11) is 0. The summed E-state index contributed by atoms with van der Waals surface area (Å²) in [4.78, 5) is 0. The summed E-state index contributed by atoms with van der Waals surface area (Å²) in [6.45, 7) is 4.28. The number of aromatic nitrogens is 2. The van der Waals surface area contributed by atoms with Gasteiger partial charge in [-0.15, -0.1) is 11.6 Å². The zero-order valence-electron chi connectivity index (χ0n) is 11.6. The van der Waals surface area contributed by atoms with Crippen LogP contribution in [-0.4, -0.2) is 15.7 Å². The minimum Gasteiger partial charge on any atom is -0.270 e. The van der Waals surface area contributed by atoms with Crippen molar-refractivity contribution in [3.05, 3.63) is 53.9 Å². The van der Waals surface area contributed by atoms with E-state index in [1.54, 1.807) is 0 Å². The topological polar surface area (TPSA) is 17.8 Å². The molecule has 0 radical (unpaired) electrons. The second-order valence-corrected chi connectivity index (χ2v) is 5.60. The van der Waals surface area contributed by atoms with Gasteiger partial charge < -0.3 is 0 Å². The van der Waals surface area contributed by atoms with E-state index in [2.05, 4.69) is 49.3 Å². The Balaban J connectivity index is 1.98. The van der Waals surface area contributed by atoms with Gasteiger partial charge in [0.1, 0.15) is 0 Å². The fourth-order valence-corrected chi connectivity index (χ4v) is 2.42. The second kappa shape index (κ2) is 6.76. The van der Waals surface area contributed by atoms with Crippen LogP contribution in [0.15, 0.2) is 42.6 Å². The second-order valence-electron chi connectivity index (χ2n) is 5.30.